The van der Waals surface area contributed by atoms with Crippen molar-refractivity contribution < 1.29 is 23.1 Å². The van der Waals surface area contributed by atoms with E-state index in [1.165, 1.54) is 29.4 Å². The predicted octanol–water partition coefficient (Wildman–Crippen LogP) is 2.62. The van der Waals surface area contributed by atoms with Gasteiger partial charge < -0.3 is 14.1 Å². The van der Waals surface area contributed by atoms with Crippen molar-refractivity contribution in [1.29, 1.82) is 0 Å². The normalized spacial score (nSPS) is 10.3. The Balaban J connectivity index is 2.15. The summed E-state index contributed by atoms with van der Waals surface area (Å²) in [4.78, 5) is 25.3. The van der Waals surface area contributed by atoms with E-state index in [9.17, 15) is 14.0 Å². The van der Waals surface area contributed by atoms with Gasteiger partial charge in [-0.25, -0.2) is 4.39 Å². The molecule has 0 aliphatic carbocycles. The molecule has 0 saturated carbocycles. The summed E-state index contributed by atoms with van der Waals surface area (Å²) in [7, 11) is 0. The van der Waals surface area contributed by atoms with Gasteiger partial charge >= 0.3 is 5.97 Å². The molecule has 0 spiro atoms. The van der Waals surface area contributed by atoms with Gasteiger partial charge in [0.1, 0.15) is 12.4 Å². The first kappa shape index (κ1) is 15.8. The topological polar surface area (TPSA) is 59.8 Å². The van der Waals surface area contributed by atoms with Crippen LogP contribution in [0.1, 0.15) is 23.0 Å². The SMILES string of the molecule is CCOC(=O)CN(Cc1ccc(F)cc1)C(=O)c1ccco1. The molecule has 1 amide bonds. The molecule has 0 aliphatic rings. The second-order valence-corrected chi connectivity index (χ2v) is 4.57. The van der Waals surface area contributed by atoms with Crippen molar-refractivity contribution in [3.63, 3.8) is 0 Å². The second kappa shape index (κ2) is 7.40. The van der Waals surface area contributed by atoms with E-state index < -0.39 is 11.9 Å². The van der Waals surface area contributed by atoms with Crippen LogP contribution in [0.3, 0.4) is 0 Å². The number of benzene rings is 1. The molecule has 0 saturated heterocycles. The molecule has 5 nitrogen and oxygen atoms in total. The number of rotatable bonds is 6. The minimum absolute atomic E-state index is 0.131. The number of amides is 1. The Labute approximate surface area is 127 Å². The van der Waals surface area contributed by atoms with E-state index in [2.05, 4.69) is 0 Å². The van der Waals surface area contributed by atoms with Gasteiger partial charge in [-0.05, 0) is 36.8 Å². The highest BCUT2D eigenvalue weighted by Gasteiger charge is 2.21. The van der Waals surface area contributed by atoms with Gasteiger partial charge in [0.2, 0.25) is 0 Å². The maximum atomic E-state index is 12.9. The standard InChI is InChI=1S/C16H16FNO4/c1-2-21-15(19)11-18(16(20)14-4-3-9-22-14)10-12-5-7-13(17)8-6-12/h3-9H,2,10-11H2,1H3. The number of hydrogen-bond donors (Lipinski definition) is 0. The maximum absolute atomic E-state index is 12.9. The van der Waals surface area contributed by atoms with Gasteiger partial charge in [-0.3, -0.25) is 9.59 Å². The third kappa shape index (κ3) is 4.18. The van der Waals surface area contributed by atoms with Crippen LogP contribution in [0.25, 0.3) is 0 Å². The molecule has 1 aromatic heterocycles. The lowest BCUT2D eigenvalue weighted by Gasteiger charge is -2.20. The first-order valence-electron chi connectivity index (χ1n) is 6.83. The predicted molar refractivity (Wildman–Crippen MR) is 76.5 cm³/mol. The number of esters is 1. The molecule has 0 aliphatic heterocycles. The van der Waals surface area contributed by atoms with Gasteiger partial charge in [0.15, 0.2) is 5.76 Å². The summed E-state index contributed by atoms with van der Waals surface area (Å²) in [5.41, 5.74) is 0.700. The zero-order valence-corrected chi connectivity index (χ0v) is 12.1. The Morgan fingerprint density at radius 2 is 1.95 bits per heavy atom. The monoisotopic (exact) mass is 305 g/mol. The molecule has 0 N–H and O–H groups in total. The molecule has 0 radical (unpaired) electrons. The molecule has 0 bridgehead atoms. The van der Waals surface area contributed by atoms with Crippen LogP contribution in [-0.4, -0.2) is 29.9 Å². The first-order chi connectivity index (χ1) is 10.6. The van der Waals surface area contributed by atoms with Crippen molar-refractivity contribution in [3.05, 3.63) is 59.8 Å². The molecule has 22 heavy (non-hydrogen) atoms. The van der Waals surface area contributed by atoms with Crippen LogP contribution in [-0.2, 0) is 16.1 Å². The molecule has 116 valence electrons. The quantitative estimate of drug-likeness (QED) is 0.770. The van der Waals surface area contributed by atoms with Crippen LogP contribution in [0.2, 0.25) is 0 Å². The van der Waals surface area contributed by atoms with Crippen molar-refractivity contribution >= 4 is 11.9 Å². The molecule has 2 aromatic rings. The maximum Gasteiger partial charge on any atom is 0.325 e. The van der Waals surface area contributed by atoms with Gasteiger partial charge in [0, 0.05) is 6.54 Å². The largest absolute Gasteiger partial charge is 0.465 e. The van der Waals surface area contributed by atoms with Crippen LogP contribution < -0.4 is 0 Å². The average Bonchev–Trinajstić information content (AvgIpc) is 3.02. The van der Waals surface area contributed by atoms with E-state index in [4.69, 9.17) is 9.15 Å². The van der Waals surface area contributed by atoms with Crippen molar-refractivity contribution in [2.45, 2.75) is 13.5 Å². The third-order valence-corrected chi connectivity index (χ3v) is 2.93. The average molecular weight is 305 g/mol. The molecule has 0 unspecified atom stereocenters. The number of carbonyl (C=O) groups is 2. The van der Waals surface area contributed by atoms with E-state index in [1.54, 1.807) is 25.1 Å². The lowest BCUT2D eigenvalue weighted by Crippen LogP contribution is -2.35. The third-order valence-electron chi connectivity index (χ3n) is 2.93. The zero-order valence-electron chi connectivity index (χ0n) is 12.1. The number of halogens is 1. The van der Waals surface area contributed by atoms with Crippen LogP contribution in [0.5, 0.6) is 0 Å². The van der Waals surface area contributed by atoms with Gasteiger partial charge in [-0.15, -0.1) is 0 Å². The van der Waals surface area contributed by atoms with E-state index in [0.717, 1.165) is 0 Å². The van der Waals surface area contributed by atoms with Gasteiger partial charge in [-0.2, -0.15) is 0 Å². The van der Waals surface area contributed by atoms with Crippen LogP contribution in [0.15, 0.2) is 47.1 Å². The van der Waals surface area contributed by atoms with Gasteiger partial charge in [0.25, 0.3) is 5.91 Å². The number of carbonyl (C=O) groups excluding carboxylic acids is 2. The minimum atomic E-state index is -0.510. The van der Waals surface area contributed by atoms with E-state index >= 15 is 0 Å². The van der Waals surface area contributed by atoms with Crippen molar-refractivity contribution in [2.24, 2.45) is 0 Å². The van der Waals surface area contributed by atoms with Gasteiger partial charge in [-0.1, -0.05) is 12.1 Å². The summed E-state index contributed by atoms with van der Waals surface area (Å²) >= 11 is 0. The Morgan fingerprint density at radius 1 is 1.23 bits per heavy atom. The fraction of sp³-hybridized carbons (Fsp3) is 0.250. The van der Waals surface area contributed by atoms with Crippen molar-refractivity contribution in [3.8, 4) is 0 Å². The summed E-state index contributed by atoms with van der Waals surface area (Å²) in [6.07, 6.45) is 1.38. The Bertz CT molecular complexity index is 622. The molecule has 1 aromatic carbocycles. The lowest BCUT2D eigenvalue weighted by molar-refractivity contribution is -0.144. The fourth-order valence-corrected chi connectivity index (χ4v) is 1.93. The zero-order chi connectivity index (χ0) is 15.9. The van der Waals surface area contributed by atoms with E-state index in [-0.39, 0.29) is 31.3 Å². The van der Waals surface area contributed by atoms with Crippen LogP contribution in [0.4, 0.5) is 4.39 Å². The van der Waals surface area contributed by atoms with E-state index in [0.29, 0.717) is 5.56 Å². The Morgan fingerprint density at radius 3 is 2.55 bits per heavy atom. The number of furan rings is 1. The summed E-state index contributed by atoms with van der Waals surface area (Å²) in [5, 5.41) is 0. The van der Waals surface area contributed by atoms with Crippen LogP contribution in [0, 0.1) is 5.82 Å². The van der Waals surface area contributed by atoms with Gasteiger partial charge in [0.05, 0.1) is 12.9 Å². The fourth-order valence-electron chi connectivity index (χ4n) is 1.93. The second-order valence-electron chi connectivity index (χ2n) is 4.57. The first-order valence-corrected chi connectivity index (χ1v) is 6.83. The molecular weight excluding hydrogens is 289 g/mol. The molecular formula is C16H16FNO4. The summed E-state index contributed by atoms with van der Waals surface area (Å²) < 4.78 is 22.9. The molecule has 0 fully saturated rings. The van der Waals surface area contributed by atoms with Crippen LogP contribution >= 0.6 is 0 Å². The highest BCUT2D eigenvalue weighted by Crippen LogP contribution is 2.11. The number of hydrogen-bond acceptors (Lipinski definition) is 4. The van der Waals surface area contributed by atoms with Crippen molar-refractivity contribution in [1.82, 2.24) is 4.90 Å². The number of nitrogens with zero attached hydrogens (tertiary/aromatic N) is 1. The summed E-state index contributed by atoms with van der Waals surface area (Å²) in [6, 6.07) is 8.83. The molecule has 0 atom stereocenters. The molecule has 1 heterocycles. The summed E-state index contributed by atoms with van der Waals surface area (Å²) in [6.45, 7) is 1.87. The minimum Gasteiger partial charge on any atom is -0.465 e. The lowest BCUT2D eigenvalue weighted by atomic mass is 10.2. The highest BCUT2D eigenvalue weighted by molar-refractivity contribution is 5.93. The van der Waals surface area contributed by atoms with Crippen molar-refractivity contribution in [2.75, 3.05) is 13.2 Å². The Kier molecular flexibility index (Phi) is 5.30. The Hall–Kier alpha value is -2.63. The summed E-state index contributed by atoms with van der Waals surface area (Å²) in [5.74, 6) is -1.17. The molecule has 2 rings (SSSR count). The van der Waals surface area contributed by atoms with E-state index in [1.807, 2.05) is 0 Å². The smallest absolute Gasteiger partial charge is 0.325 e. The highest BCUT2D eigenvalue weighted by atomic mass is 19.1. The number of ether oxygens (including phenoxy) is 1. The molecule has 6 heteroatoms.